The highest BCUT2D eigenvalue weighted by atomic mass is 35.5. The number of thioether (sulfide) groups is 1. The molecule has 0 unspecified atom stereocenters. The summed E-state index contributed by atoms with van der Waals surface area (Å²) < 4.78 is 5.31. The molecule has 0 aliphatic rings. The number of benzene rings is 2. The van der Waals surface area contributed by atoms with Crippen LogP contribution in [0, 0.1) is 0 Å². The lowest BCUT2D eigenvalue weighted by Gasteiger charge is -2.31. The largest absolute Gasteiger partial charge is 0.497 e. The van der Waals surface area contributed by atoms with E-state index in [1.165, 1.54) is 0 Å². The molecule has 174 valence electrons. The van der Waals surface area contributed by atoms with E-state index in [-0.39, 0.29) is 17.4 Å². The summed E-state index contributed by atoms with van der Waals surface area (Å²) in [6, 6.07) is 14.7. The predicted octanol–water partition coefficient (Wildman–Crippen LogP) is 5.55. The number of ether oxygens (including phenoxy) is 1. The highest BCUT2D eigenvalue weighted by Crippen LogP contribution is 2.22. The number of nitrogens with one attached hydrogen (secondary N) is 1. The molecular weight excluding hydrogens is 444 g/mol. The van der Waals surface area contributed by atoms with Gasteiger partial charge in [0, 0.05) is 28.4 Å². The average molecular weight is 477 g/mol. The van der Waals surface area contributed by atoms with Gasteiger partial charge in [-0.25, -0.2) is 0 Å². The van der Waals surface area contributed by atoms with E-state index in [4.69, 9.17) is 16.3 Å². The van der Waals surface area contributed by atoms with E-state index < -0.39 is 6.04 Å². The molecule has 0 saturated heterocycles. The fourth-order valence-corrected chi connectivity index (χ4v) is 4.09. The van der Waals surface area contributed by atoms with E-state index in [2.05, 4.69) is 5.32 Å². The topological polar surface area (TPSA) is 58.6 Å². The Hall–Kier alpha value is -2.18. The molecule has 0 bridgehead atoms. The molecule has 0 aromatic heterocycles. The molecule has 32 heavy (non-hydrogen) atoms. The number of amides is 2. The van der Waals surface area contributed by atoms with Gasteiger partial charge in [-0.1, -0.05) is 23.7 Å². The van der Waals surface area contributed by atoms with Gasteiger partial charge in [-0.3, -0.25) is 9.59 Å². The van der Waals surface area contributed by atoms with Crippen molar-refractivity contribution in [3.8, 4) is 5.75 Å². The molecule has 0 spiro atoms. The third kappa shape index (κ3) is 8.75. The maximum Gasteiger partial charge on any atom is 0.242 e. The van der Waals surface area contributed by atoms with Crippen LogP contribution in [-0.4, -0.2) is 41.2 Å². The minimum Gasteiger partial charge on any atom is -0.497 e. The first kappa shape index (κ1) is 26.1. The molecule has 0 saturated carbocycles. The predicted molar refractivity (Wildman–Crippen MR) is 132 cm³/mol. The zero-order valence-electron chi connectivity index (χ0n) is 19.5. The lowest BCUT2D eigenvalue weighted by molar-refractivity contribution is -0.141. The Morgan fingerprint density at radius 1 is 1.16 bits per heavy atom. The first-order valence-electron chi connectivity index (χ1n) is 10.7. The quantitative estimate of drug-likeness (QED) is 0.360. The van der Waals surface area contributed by atoms with E-state index >= 15 is 0 Å². The van der Waals surface area contributed by atoms with E-state index in [9.17, 15) is 9.59 Å². The first-order valence-corrected chi connectivity index (χ1v) is 12.1. The van der Waals surface area contributed by atoms with E-state index in [0.29, 0.717) is 24.4 Å². The van der Waals surface area contributed by atoms with Crippen molar-refractivity contribution < 1.29 is 14.3 Å². The molecule has 5 nitrogen and oxygen atoms in total. The van der Waals surface area contributed by atoms with Crippen LogP contribution >= 0.6 is 23.4 Å². The SMILES string of the molecule is COc1cccc(CN(C(=O)CCCSc2ccc(Cl)cc2)[C@@H](C)C(=O)NC(C)(C)C)c1. The molecule has 0 aliphatic heterocycles. The van der Waals surface area contributed by atoms with Crippen molar-refractivity contribution in [1.29, 1.82) is 0 Å². The molecule has 0 aliphatic carbocycles. The highest BCUT2D eigenvalue weighted by molar-refractivity contribution is 7.99. The minimum atomic E-state index is -0.586. The Morgan fingerprint density at radius 2 is 1.84 bits per heavy atom. The summed E-state index contributed by atoms with van der Waals surface area (Å²) in [7, 11) is 1.61. The normalized spacial score (nSPS) is 12.2. The molecule has 2 aromatic carbocycles. The number of hydrogen-bond acceptors (Lipinski definition) is 4. The number of rotatable bonds is 10. The molecular formula is C25H33ClN2O3S. The van der Waals surface area contributed by atoms with Crippen molar-refractivity contribution in [2.45, 2.75) is 63.6 Å². The van der Waals surface area contributed by atoms with Crippen molar-refractivity contribution in [2.24, 2.45) is 0 Å². The van der Waals surface area contributed by atoms with E-state index in [1.807, 2.05) is 69.3 Å². The number of carbonyl (C=O) groups excluding carboxylic acids is 2. The van der Waals surface area contributed by atoms with Gasteiger partial charge < -0.3 is 15.0 Å². The van der Waals surface area contributed by atoms with Gasteiger partial charge in [-0.05, 0) is 81.8 Å². The number of halogens is 1. The minimum absolute atomic E-state index is 0.0407. The summed E-state index contributed by atoms with van der Waals surface area (Å²) in [6.45, 7) is 7.92. The van der Waals surface area contributed by atoms with Crippen LogP contribution in [0.5, 0.6) is 5.75 Å². The molecule has 1 atom stereocenters. The van der Waals surface area contributed by atoms with Gasteiger partial charge in [0.15, 0.2) is 0 Å². The average Bonchev–Trinajstić information content (AvgIpc) is 2.74. The molecule has 7 heteroatoms. The second-order valence-corrected chi connectivity index (χ2v) is 10.3. The Labute approximate surface area is 200 Å². The summed E-state index contributed by atoms with van der Waals surface area (Å²) >= 11 is 7.62. The lowest BCUT2D eigenvalue weighted by atomic mass is 10.1. The van der Waals surface area contributed by atoms with Crippen LogP contribution in [0.2, 0.25) is 5.02 Å². The summed E-state index contributed by atoms with van der Waals surface area (Å²) in [5.74, 6) is 1.33. The standard InChI is InChI=1S/C25H33ClN2O3S/c1-18(24(30)27-25(2,3)4)28(17-19-8-6-9-21(16-19)31-5)23(29)10-7-15-32-22-13-11-20(26)12-14-22/h6,8-9,11-14,16,18H,7,10,15,17H2,1-5H3,(H,27,30)/t18-/m0/s1. The fourth-order valence-electron chi connectivity index (χ4n) is 3.11. The van der Waals surface area contributed by atoms with Crippen LogP contribution in [0.1, 0.15) is 46.1 Å². The summed E-state index contributed by atoms with van der Waals surface area (Å²) in [5.41, 5.74) is 0.550. The van der Waals surface area contributed by atoms with Crippen LogP contribution < -0.4 is 10.1 Å². The van der Waals surface area contributed by atoms with E-state index in [0.717, 1.165) is 22.0 Å². The number of carbonyl (C=O) groups is 2. The van der Waals surface area contributed by atoms with Gasteiger partial charge in [-0.15, -0.1) is 11.8 Å². The summed E-state index contributed by atoms with van der Waals surface area (Å²) in [5, 5.41) is 3.69. The highest BCUT2D eigenvalue weighted by Gasteiger charge is 2.28. The van der Waals surface area contributed by atoms with Gasteiger partial charge in [0.1, 0.15) is 11.8 Å². The van der Waals surface area contributed by atoms with Crippen LogP contribution in [0.25, 0.3) is 0 Å². The van der Waals surface area contributed by atoms with Gasteiger partial charge >= 0.3 is 0 Å². The van der Waals surface area contributed by atoms with Crippen LogP contribution in [0.15, 0.2) is 53.4 Å². The monoisotopic (exact) mass is 476 g/mol. The van der Waals surface area contributed by atoms with Gasteiger partial charge in [-0.2, -0.15) is 0 Å². The number of methoxy groups -OCH3 is 1. The Bertz CT molecular complexity index is 897. The maximum absolute atomic E-state index is 13.2. The van der Waals surface area contributed by atoms with Crippen molar-refractivity contribution in [3.63, 3.8) is 0 Å². The maximum atomic E-state index is 13.2. The van der Waals surface area contributed by atoms with Gasteiger partial charge in [0.2, 0.25) is 11.8 Å². The third-order valence-electron chi connectivity index (χ3n) is 4.77. The lowest BCUT2D eigenvalue weighted by Crippen LogP contribution is -2.52. The van der Waals surface area contributed by atoms with Crippen molar-refractivity contribution in [3.05, 3.63) is 59.1 Å². The van der Waals surface area contributed by atoms with Crippen molar-refractivity contribution >= 4 is 35.2 Å². The summed E-state index contributed by atoms with van der Waals surface area (Å²) in [4.78, 5) is 28.7. The molecule has 1 N–H and O–H groups in total. The second kappa shape index (κ2) is 12.2. The van der Waals surface area contributed by atoms with Crippen LogP contribution in [0.3, 0.4) is 0 Å². The molecule has 0 radical (unpaired) electrons. The van der Waals surface area contributed by atoms with Gasteiger partial charge in [0.05, 0.1) is 7.11 Å². The van der Waals surface area contributed by atoms with Crippen molar-refractivity contribution in [2.75, 3.05) is 12.9 Å². The third-order valence-corrected chi connectivity index (χ3v) is 6.12. The first-order chi connectivity index (χ1) is 15.1. The zero-order valence-corrected chi connectivity index (χ0v) is 21.1. The molecule has 2 rings (SSSR count). The Kier molecular flexibility index (Phi) is 9.91. The zero-order chi connectivity index (χ0) is 23.7. The number of nitrogens with zero attached hydrogens (tertiary/aromatic N) is 1. The fraction of sp³-hybridized carbons (Fsp3) is 0.440. The Balaban J connectivity index is 2.05. The van der Waals surface area contributed by atoms with Gasteiger partial charge in [0.25, 0.3) is 0 Å². The molecule has 0 heterocycles. The van der Waals surface area contributed by atoms with Crippen molar-refractivity contribution in [1.82, 2.24) is 10.2 Å². The molecule has 0 fully saturated rings. The molecule has 2 amide bonds. The summed E-state index contributed by atoms with van der Waals surface area (Å²) in [6.07, 6.45) is 1.09. The second-order valence-electron chi connectivity index (χ2n) is 8.69. The molecule has 2 aromatic rings. The smallest absolute Gasteiger partial charge is 0.242 e. The van der Waals surface area contributed by atoms with E-state index in [1.54, 1.807) is 30.7 Å². The Morgan fingerprint density at radius 3 is 2.47 bits per heavy atom. The van der Waals surface area contributed by atoms with Crippen LogP contribution in [-0.2, 0) is 16.1 Å². The van der Waals surface area contributed by atoms with Crippen LogP contribution in [0.4, 0.5) is 0 Å². The number of hydrogen-bond donors (Lipinski definition) is 1.